The first-order valence-corrected chi connectivity index (χ1v) is 11.0. The third kappa shape index (κ3) is 3.94. The highest BCUT2D eigenvalue weighted by Gasteiger charge is 2.46. The first kappa shape index (κ1) is 18.7. The van der Waals surface area contributed by atoms with Crippen LogP contribution in [-0.4, -0.2) is 43.3 Å². The molecule has 2 aliphatic carbocycles. The third-order valence-corrected chi connectivity index (χ3v) is 7.72. The summed E-state index contributed by atoms with van der Waals surface area (Å²) in [6, 6.07) is 0.300. The molecule has 2 aliphatic heterocycles. The smallest absolute Gasteiger partial charge is 0.237 e. The Hall–Kier alpha value is -0.680. The van der Waals surface area contributed by atoms with Gasteiger partial charge in [0.1, 0.15) is 6.17 Å². The number of fused-ring (bicyclic) bond motifs is 1. The van der Waals surface area contributed by atoms with Crippen molar-refractivity contribution in [3.8, 4) is 0 Å². The van der Waals surface area contributed by atoms with Crippen molar-refractivity contribution in [3.63, 3.8) is 0 Å². The maximum absolute atomic E-state index is 14.3. The standard InChI is InChI=1S/C21H36FN3O/c1-13-7-8-18(22)17-11-19(25-20(13)17)21(26)24-16-6-2-4-14(10-16)15-5-3-9-23-12-15/h13-20,23,25H,2-12H2,1H3,(H,24,26)/t13?,14-,15?,16-,17?,18?,19?,20?/m0/s1. The van der Waals surface area contributed by atoms with Crippen molar-refractivity contribution in [3.05, 3.63) is 0 Å². The molecule has 0 aromatic rings. The molecule has 26 heavy (non-hydrogen) atoms. The Morgan fingerprint density at radius 2 is 1.88 bits per heavy atom. The second kappa shape index (κ2) is 8.14. The molecular weight excluding hydrogens is 329 g/mol. The first-order valence-electron chi connectivity index (χ1n) is 11.0. The fourth-order valence-electron chi connectivity index (χ4n) is 6.17. The Balaban J connectivity index is 1.30. The van der Waals surface area contributed by atoms with Gasteiger partial charge in [-0.05, 0) is 82.2 Å². The van der Waals surface area contributed by atoms with Gasteiger partial charge in [-0.15, -0.1) is 0 Å². The van der Waals surface area contributed by atoms with E-state index in [1.54, 1.807) is 0 Å². The average Bonchev–Trinajstić information content (AvgIpc) is 3.13. The number of piperidine rings is 1. The van der Waals surface area contributed by atoms with Crippen LogP contribution in [0.3, 0.4) is 0 Å². The summed E-state index contributed by atoms with van der Waals surface area (Å²) >= 11 is 0. The molecule has 2 heterocycles. The minimum absolute atomic E-state index is 0.0296. The van der Waals surface area contributed by atoms with Crippen LogP contribution in [0.5, 0.6) is 0 Å². The molecule has 0 spiro atoms. The lowest BCUT2D eigenvalue weighted by Gasteiger charge is -2.37. The first-order chi connectivity index (χ1) is 12.6. The highest BCUT2D eigenvalue weighted by atomic mass is 19.1. The van der Waals surface area contributed by atoms with E-state index in [1.807, 2.05) is 0 Å². The number of carbonyl (C=O) groups excluding carboxylic acids is 1. The molecule has 148 valence electrons. The molecule has 0 radical (unpaired) electrons. The van der Waals surface area contributed by atoms with E-state index in [9.17, 15) is 9.18 Å². The SMILES string of the molecule is CC1CCC(F)C2CC(C(=O)N[C@H]3CCC[C@H](C4CCCNC4)C3)NC12. The number of rotatable bonds is 3. The number of halogens is 1. The van der Waals surface area contributed by atoms with E-state index in [2.05, 4.69) is 22.9 Å². The van der Waals surface area contributed by atoms with Crippen molar-refractivity contribution < 1.29 is 9.18 Å². The average molecular weight is 366 g/mol. The molecule has 6 unspecified atom stereocenters. The normalized spacial score (nSPS) is 46.5. The second-order valence-electron chi connectivity index (χ2n) is 9.45. The van der Waals surface area contributed by atoms with E-state index in [4.69, 9.17) is 0 Å². The van der Waals surface area contributed by atoms with Crippen LogP contribution in [0, 0.1) is 23.7 Å². The van der Waals surface area contributed by atoms with Crippen LogP contribution in [0.4, 0.5) is 4.39 Å². The molecule has 0 bridgehead atoms. The quantitative estimate of drug-likeness (QED) is 0.721. The predicted molar refractivity (Wildman–Crippen MR) is 102 cm³/mol. The molecule has 3 N–H and O–H groups in total. The lowest BCUT2D eigenvalue weighted by atomic mass is 9.75. The van der Waals surface area contributed by atoms with Gasteiger partial charge in [0.15, 0.2) is 0 Å². The molecule has 4 aliphatic rings. The summed E-state index contributed by atoms with van der Waals surface area (Å²) in [6.45, 7) is 4.50. The van der Waals surface area contributed by atoms with Gasteiger partial charge in [-0.25, -0.2) is 4.39 Å². The third-order valence-electron chi connectivity index (χ3n) is 7.72. The summed E-state index contributed by atoms with van der Waals surface area (Å²) in [5.74, 6) is 2.15. The van der Waals surface area contributed by atoms with Gasteiger partial charge >= 0.3 is 0 Å². The van der Waals surface area contributed by atoms with E-state index >= 15 is 0 Å². The molecule has 1 amide bonds. The second-order valence-corrected chi connectivity index (χ2v) is 9.45. The highest BCUT2D eigenvalue weighted by molar-refractivity contribution is 5.82. The Kier molecular flexibility index (Phi) is 5.84. The predicted octanol–water partition coefficient (Wildman–Crippen LogP) is 2.78. The fraction of sp³-hybridized carbons (Fsp3) is 0.952. The number of amides is 1. The summed E-state index contributed by atoms with van der Waals surface area (Å²) in [5, 5.41) is 10.3. The molecule has 5 heteroatoms. The zero-order valence-corrected chi connectivity index (χ0v) is 16.2. The van der Waals surface area contributed by atoms with Crippen molar-refractivity contribution in [2.24, 2.45) is 23.7 Å². The molecule has 0 aromatic heterocycles. The van der Waals surface area contributed by atoms with E-state index in [1.165, 1.54) is 25.7 Å². The number of hydrogen-bond donors (Lipinski definition) is 3. The zero-order chi connectivity index (χ0) is 18.1. The lowest BCUT2D eigenvalue weighted by molar-refractivity contribution is -0.124. The van der Waals surface area contributed by atoms with Gasteiger partial charge in [0.2, 0.25) is 5.91 Å². The molecular formula is C21H36FN3O. The maximum Gasteiger partial charge on any atom is 0.237 e. The van der Waals surface area contributed by atoms with Crippen LogP contribution in [-0.2, 0) is 4.79 Å². The van der Waals surface area contributed by atoms with Gasteiger partial charge in [-0.1, -0.05) is 13.3 Å². The van der Waals surface area contributed by atoms with Gasteiger partial charge < -0.3 is 16.0 Å². The van der Waals surface area contributed by atoms with Crippen molar-refractivity contribution in [2.75, 3.05) is 13.1 Å². The summed E-state index contributed by atoms with van der Waals surface area (Å²) < 4.78 is 14.3. The van der Waals surface area contributed by atoms with Crippen molar-refractivity contribution in [2.45, 2.75) is 89.0 Å². The summed E-state index contributed by atoms with van der Waals surface area (Å²) in [6.07, 6.45) is 8.91. The van der Waals surface area contributed by atoms with Gasteiger partial charge in [-0.2, -0.15) is 0 Å². The summed E-state index contributed by atoms with van der Waals surface area (Å²) in [7, 11) is 0. The Labute approximate surface area is 157 Å². The summed E-state index contributed by atoms with van der Waals surface area (Å²) in [5.41, 5.74) is 0. The Morgan fingerprint density at radius 3 is 2.65 bits per heavy atom. The van der Waals surface area contributed by atoms with E-state index in [0.29, 0.717) is 24.8 Å². The highest BCUT2D eigenvalue weighted by Crippen LogP contribution is 2.39. The van der Waals surface area contributed by atoms with Crippen LogP contribution < -0.4 is 16.0 Å². The number of alkyl halides is 1. The number of carbonyl (C=O) groups is 1. The van der Waals surface area contributed by atoms with Crippen molar-refractivity contribution in [1.29, 1.82) is 0 Å². The largest absolute Gasteiger partial charge is 0.352 e. The minimum Gasteiger partial charge on any atom is -0.352 e. The van der Waals surface area contributed by atoms with Gasteiger partial charge in [0, 0.05) is 18.0 Å². The van der Waals surface area contributed by atoms with Crippen molar-refractivity contribution in [1.82, 2.24) is 16.0 Å². The summed E-state index contributed by atoms with van der Waals surface area (Å²) in [4.78, 5) is 12.8. The maximum atomic E-state index is 14.3. The van der Waals surface area contributed by atoms with Crippen LogP contribution in [0.1, 0.15) is 64.7 Å². The molecule has 4 fully saturated rings. The molecule has 8 atom stereocenters. The molecule has 0 aromatic carbocycles. The Bertz CT molecular complexity index is 478. The van der Waals surface area contributed by atoms with Crippen LogP contribution >= 0.6 is 0 Å². The van der Waals surface area contributed by atoms with E-state index < -0.39 is 6.17 Å². The number of hydrogen-bond acceptors (Lipinski definition) is 3. The van der Waals surface area contributed by atoms with Gasteiger partial charge in [0.25, 0.3) is 0 Å². The topological polar surface area (TPSA) is 53.2 Å². The lowest BCUT2D eigenvalue weighted by Crippen LogP contribution is -2.50. The van der Waals surface area contributed by atoms with Crippen LogP contribution in [0.2, 0.25) is 0 Å². The molecule has 4 nitrogen and oxygen atoms in total. The molecule has 2 saturated heterocycles. The molecule has 2 saturated carbocycles. The van der Waals surface area contributed by atoms with E-state index in [0.717, 1.165) is 44.2 Å². The minimum atomic E-state index is -0.737. The monoisotopic (exact) mass is 365 g/mol. The fourth-order valence-corrected chi connectivity index (χ4v) is 6.17. The number of nitrogens with one attached hydrogen (secondary N) is 3. The van der Waals surface area contributed by atoms with Crippen molar-refractivity contribution >= 4 is 5.91 Å². The molecule has 4 rings (SSSR count). The zero-order valence-electron chi connectivity index (χ0n) is 16.2. The van der Waals surface area contributed by atoms with Gasteiger partial charge in [-0.3, -0.25) is 4.79 Å². The van der Waals surface area contributed by atoms with Crippen LogP contribution in [0.25, 0.3) is 0 Å². The van der Waals surface area contributed by atoms with Gasteiger partial charge in [0.05, 0.1) is 6.04 Å². The Morgan fingerprint density at radius 1 is 1.04 bits per heavy atom. The van der Waals surface area contributed by atoms with Crippen LogP contribution in [0.15, 0.2) is 0 Å². The van der Waals surface area contributed by atoms with E-state index in [-0.39, 0.29) is 23.9 Å².